The summed E-state index contributed by atoms with van der Waals surface area (Å²) in [7, 11) is 1.56. The van der Waals surface area contributed by atoms with Crippen molar-refractivity contribution in [3.63, 3.8) is 0 Å². The van der Waals surface area contributed by atoms with Crippen molar-refractivity contribution in [2.75, 3.05) is 19.0 Å². The van der Waals surface area contributed by atoms with E-state index >= 15 is 0 Å². The Morgan fingerprint density at radius 3 is 2.59 bits per heavy atom. The maximum absolute atomic E-state index is 13.8. The van der Waals surface area contributed by atoms with Crippen LogP contribution in [-0.2, 0) is 0 Å². The largest absolute Gasteiger partial charge is 0.495 e. The average Bonchev–Trinajstić information content (AvgIpc) is 2.89. The second-order valence-electron chi connectivity index (χ2n) is 8.91. The molecule has 7 nitrogen and oxygen atoms in total. The molecule has 0 radical (unpaired) electrons. The highest BCUT2D eigenvalue weighted by Gasteiger charge is 2.27. The van der Waals surface area contributed by atoms with Gasteiger partial charge in [-0.2, -0.15) is 0 Å². The fourth-order valence-electron chi connectivity index (χ4n) is 4.41. The third-order valence-electron chi connectivity index (χ3n) is 6.40. The number of fused-ring (bicyclic) bond motifs is 1. The number of urea groups is 1. The minimum absolute atomic E-state index is 0.196. The summed E-state index contributed by atoms with van der Waals surface area (Å²) in [5.74, 6) is 1.04. The van der Waals surface area contributed by atoms with Crippen LogP contribution in [0.5, 0.6) is 5.75 Å². The molecule has 2 amide bonds. The number of amides is 2. The predicted octanol–water partition coefficient (Wildman–Crippen LogP) is 6.75. The number of nitrogens with one attached hydrogen (secondary N) is 1. The SMILES string of the molecule is CCCCN(C(=O)Nc1ccccc1OC)C(C)c1nc2ccccc2c(=O)n1-c1ccc(Cl)cc1C. The van der Waals surface area contributed by atoms with Gasteiger partial charge in [0, 0.05) is 11.6 Å². The number of aryl methyl sites for hydroxylation is 1. The van der Waals surface area contributed by atoms with Crippen molar-refractivity contribution in [2.45, 2.75) is 39.7 Å². The van der Waals surface area contributed by atoms with E-state index in [9.17, 15) is 9.59 Å². The van der Waals surface area contributed by atoms with Crippen molar-refractivity contribution in [3.05, 3.63) is 93.5 Å². The first-order valence-corrected chi connectivity index (χ1v) is 12.7. The molecular formula is C29H31ClN4O3. The fraction of sp³-hybridized carbons (Fsp3) is 0.276. The highest BCUT2D eigenvalue weighted by molar-refractivity contribution is 6.30. The van der Waals surface area contributed by atoms with E-state index < -0.39 is 6.04 Å². The Morgan fingerprint density at radius 1 is 1.14 bits per heavy atom. The van der Waals surface area contributed by atoms with Crippen LogP contribution in [0.1, 0.15) is 44.1 Å². The molecule has 4 rings (SSSR count). The first-order chi connectivity index (χ1) is 17.8. The molecule has 4 aromatic rings. The number of para-hydroxylation sites is 3. The maximum atomic E-state index is 13.8. The molecule has 0 fully saturated rings. The van der Waals surface area contributed by atoms with E-state index in [2.05, 4.69) is 12.2 Å². The molecule has 0 saturated heterocycles. The number of benzene rings is 3. The van der Waals surface area contributed by atoms with Crippen LogP contribution in [0.15, 0.2) is 71.5 Å². The van der Waals surface area contributed by atoms with Gasteiger partial charge in [0.1, 0.15) is 11.6 Å². The van der Waals surface area contributed by atoms with Gasteiger partial charge in [-0.05, 0) is 68.3 Å². The second-order valence-corrected chi connectivity index (χ2v) is 9.35. The Bertz CT molecular complexity index is 1480. The quantitative estimate of drug-likeness (QED) is 0.280. The Morgan fingerprint density at radius 2 is 1.86 bits per heavy atom. The number of rotatable bonds is 8. The molecule has 0 saturated carbocycles. The number of methoxy groups -OCH3 is 1. The van der Waals surface area contributed by atoms with Crippen molar-refractivity contribution >= 4 is 34.2 Å². The minimum atomic E-state index is -0.520. The number of nitrogens with zero attached hydrogens (tertiary/aromatic N) is 3. The van der Waals surface area contributed by atoms with Gasteiger partial charge in [0.2, 0.25) is 0 Å². The number of carbonyl (C=O) groups is 1. The summed E-state index contributed by atoms with van der Waals surface area (Å²) in [5.41, 5.74) is 2.46. The Hall–Kier alpha value is -3.84. The number of aromatic nitrogens is 2. The third-order valence-corrected chi connectivity index (χ3v) is 6.64. The first-order valence-electron chi connectivity index (χ1n) is 12.3. The summed E-state index contributed by atoms with van der Waals surface area (Å²) in [6.45, 7) is 6.36. The summed E-state index contributed by atoms with van der Waals surface area (Å²) < 4.78 is 7.02. The van der Waals surface area contributed by atoms with Crippen LogP contribution >= 0.6 is 11.6 Å². The molecular weight excluding hydrogens is 488 g/mol. The van der Waals surface area contributed by atoms with E-state index in [1.165, 1.54) is 0 Å². The maximum Gasteiger partial charge on any atom is 0.322 e. The standard InChI is InChI=1S/C29H31ClN4O3/c1-5-6-17-33(29(36)32-24-13-9-10-14-26(24)37-4)20(3)27-31-23-12-8-7-11-22(23)28(35)34(27)25-16-15-21(30)18-19(25)2/h7-16,18,20H,5-6,17H2,1-4H3,(H,32,36). The van der Waals surface area contributed by atoms with Gasteiger partial charge in [-0.1, -0.05) is 49.2 Å². The lowest BCUT2D eigenvalue weighted by Crippen LogP contribution is -2.40. The second kappa shape index (κ2) is 11.5. The van der Waals surface area contributed by atoms with Crippen LogP contribution in [0.3, 0.4) is 0 Å². The van der Waals surface area contributed by atoms with Crippen LogP contribution < -0.4 is 15.6 Å². The Balaban J connectivity index is 1.85. The van der Waals surface area contributed by atoms with Crippen molar-refractivity contribution in [1.82, 2.24) is 14.5 Å². The monoisotopic (exact) mass is 518 g/mol. The number of unbranched alkanes of at least 4 members (excludes halogenated alkanes) is 1. The third kappa shape index (κ3) is 5.47. The molecule has 8 heteroatoms. The van der Waals surface area contributed by atoms with E-state index in [0.29, 0.717) is 45.4 Å². The lowest BCUT2D eigenvalue weighted by molar-refractivity contribution is 0.188. The molecule has 0 aliphatic heterocycles. The van der Waals surface area contributed by atoms with E-state index in [-0.39, 0.29) is 11.6 Å². The lowest BCUT2D eigenvalue weighted by atomic mass is 10.1. The summed E-state index contributed by atoms with van der Waals surface area (Å²) >= 11 is 6.22. The van der Waals surface area contributed by atoms with Gasteiger partial charge in [-0.25, -0.2) is 9.78 Å². The molecule has 0 aliphatic rings. The van der Waals surface area contributed by atoms with E-state index in [1.54, 1.807) is 40.8 Å². The summed E-state index contributed by atoms with van der Waals surface area (Å²) in [5, 5.41) is 4.07. The zero-order valence-electron chi connectivity index (χ0n) is 21.5. The van der Waals surface area contributed by atoms with Crippen molar-refractivity contribution in [3.8, 4) is 11.4 Å². The van der Waals surface area contributed by atoms with Crippen molar-refractivity contribution in [2.24, 2.45) is 0 Å². The van der Waals surface area contributed by atoms with Gasteiger partial charge in [0.15, 0.2) is 0 Å². The number of carbonyl (C=O) groups excluding carboxylic acids is 1. The smallest absolute Gasteiger partial charge is 0.322 e. The Labute approximate surface area is 221 Å². The van der Waals surface area contributed by atoms with Crippen molar-refractivity contribution in [1.29, 1.82) is 0 Å². The number of halogens is 1. The first kappa shape index (κ1) is 26.2. The molecule has 1 N–H and O–H groups in total. The molecule has 3 aromatic carbocycles. The molecule has 0 aliphatic carbocycles. The fourth-order valence-corrected chi connectivity index (χ4v) is 4.63. The van der Waals surface area contributed by atoms with Crippen LogP contribution in [-0.4, -0.2) is 34.1 Å². The van der Waals surface area contributed by atoms with Gasteiger partial charge in [0.25, 0.3) is 5.56 Å². The molecule has 1 heterocycles. The average molecular weight is 519 g/mol. The molecule has 192 valence electrons. The number of hydrogen-bond acceptors (Lipinski definition) is 4. The van der Waals surface area contributed by atoms with Crippen LogP contribution in [0.25, 0.3) is 16.6 Å². The van der Waals surface area contributed by atoms with E-state index in [0.717, 1.165) is 18.4 Å². The predicted molar refractivity (Wildman–Crippen MR) is 149 cm³/mol. The van der Waals surface area contributed by atoms with Gasteiger partial charge < -0.3 is 15.0 Å². The van der Waals surface area contributed by atoms with Crippen molar-refractivity contribution < 1.29 is 9.53 Å². The zero-order chi connectivity index (χ0) is 26.5. The number of ether oxygens (including phenoxy) is 1. The topological polar surface area (TPSA) is 76.5 Å². The van der Waals surface area contributed by atoms with Gasteiger partial charge >= 0.3 is 6.03 Å². The lowest BCUT2D eigenvalue weighted by Gasteiger charge is -2.31. The van der Waals surface area contributed by atoms with Gasteiger partial charge in [-0.3, -0.25) is 9.36 Å². The summed E-state index contributed by atoms with van der Waals surface area (Å²) in [4.78, 5) is 34.1. The molecule has 37 heavy (non-hydrogen) atoms. The summed E-state index contributed by atoms with van der Waals surface area (Å²) in [6, 6.07) is 19.1. The zero-order valence-corrected chi connectivity index (χ0v) is 22.2. The summed E-state index contributed by atoms with van der Waals surface area (Å²) in [6.07, 6.45) is 1.70. The normalized spacial score (nSPS) is 11.8. The van der Waals surface area contributed by atoms with E-state index in [4.69, 9.17) is 21.3 Å². The Kier molecular flexibility index (Phi) is 8.14. The highest BCUT2D eigenvalue weighted by Crippen LogP contribution is 2.28. The molecule has 1 aromatic heterocycles. The van der Waals surface area contributed by atoms with Gasteiger partial charge in [-0.15, -0.1) is 0 Å². The molecule has 0 spiro atoms. The number of hydrogen-bond donors (Lipinski definition) is 1. The molecule has 0 bridgehead atoms. The van der Waals surface area contributed by atoms with Crippen LogP contribution in [0.2, 0.25) is 5.02 Å². The number of anilines is 1. The minimum Gasteiger partial charge on any atom is -0.495 e. The highest BCUT2D eigenvalue weighted by atomic mass is 35.5. The van der Waals surface area contributed by atoms with E-state index in [1.807, 2.05) is 56.3 Å². The molecule has 1 unspecified atom stereocenters. The molecule has 1 atom stereocenters. The van der Waals surface area contributed by atoms with Gasteiger partial charge in [0.05, 0.1) is 35.4 Å². The van der Waals surface area contributed by atoms with Crippen LogP contribution in [0.4, 0.5) is 10.5 Å². The van der Waals surface area contributed by atoms with Crippen LogP contribution in [0, 0.1) is 6.92 Å².